The zero-order chi connectivity index (χ0) is 24.7. The summed E-state index contributed by atoms with van der Waals surface area (Å²) in [5, 5.41) is 13.1. The van der Waals surface area contributed by atoms with E-state index in [1.807, 2.05) is 13.8 Å². The van der Waals surface area contributed by atoms with Gasteiger partial charge in [0.15, 0.2) is 5.52 Å². The number of allylic oxidation sites excluding steroid dienone is 2. The molecule has 2 aliphatic rings. The first-order valence-corrected chi connectivity index (χ1v) is 11.8. The Morgan fingerprint density at radius 3 is 2.91 bits per heavy atom. The van der Waals surface area contributed by atoms with E-state index >= 15 is 0 Å². The summed E-state index contributed by atoms with van der Waals surface area (Å²) < 4.78 is 1.56. The second-order valence-corrected chi connectivity index (χ2v) is 9.16. The molecular weight excluding hydrogens is 468 g/mol. The van der Waals surface area contributed by atoms with Crippen molar-refractivity contribution in [1.29, 1.82) is 0 Å². The summed E-state index contributed by atoms with van der Waals surface area (Å²) in [6.07, 6.45) is 7.03. The van der Waals surface area contributed by atoms with Gasteiger partial charge in [-0.15, -0.1) is 0 Å². The number of anilines is 2. The lowest BCUT2D eigenvalue weighted by atomic mass is 10.0. The zero-order valence-electron chi connectivity index (χ0n) is 19.4. The number of H-pyrrole nitrogens is 1. The number of hydrogen-bond donors (Lipinski definition) is 4. The third kappa shape index (κ3) is 4.44. The van der Waals surface area contributed by atoms with Crippen LogP contribution in [0.25, 0.3) is 16.6 Å². The van der Waals surface area contributed by atoms with Crippen LogP contribution in [0.4, 0.5) is 16.3 Å². The fourth-order valence-electron chi connectivity index (χ4n) is 4.37. The Labute approximate surface area is 206 Å². The van der Waals surface area contributed by atoms with Gasteiger partial charge in [-0.2, -0.15) is 4.52 Å². The fourth-order valence-corrected chi connectivity index (χ4v) is 4.59. The molecule has 1 saturated carbocycles. The van der Waals surface area contributed by atoms with E-state index in [4.69, 9.17) is 17.3 Å². The van der Waals surface area contributed by atoms with Gasteiger partial charge in [-0.05, 0) is 48.5 Å². The number of halogens is 1. The number of nitrogens with one attached hydrogen (secondary N) is 4. The highest BCUT2D eigenvalue weighted by atomic mass is 35.5. The molecule has 1 aliphatic carbocycles. The first-order valence-electron chi connectivity index (χ1n) is 11.5. The summed E-state index contributed by atoms with van der Waals surface area (Å²) in [4.78, 5) is 32.9. The molecule has 0 saturated heterocycles. The highest BCUT2D eigenvalue weighted by Crippen LogP contribution is 2.43. The molecule has 2 aromatic heterocycles. The number of aliphatic imine (C=N–C) groups is 1. The van der Waals surface area contributed by atoms with Crippen molar-refractivity contribution >= 4 is 46.4 Å². The van der Waals surface area contributed by atoms with Gasteiger partial charge in [0, 0.05) is 23.7 Å². The Bertz CT molecular complexity index is 1410. The quantitative estimate of drug-likeness (QED) is 0.433. The highest BCUT2D eigenvalue weighted by molar-refractivity contribution is 6.34. The number of amidine groups is 1. The van der Waals surface area contributed by atoms with Crippen LogP contribution in [0.1, 0.15) is 37.0 Å². The van der Waals surface area contributed by atoms with E-state index < -0.39 is 6.03 Å². The number of nitrogen functional groups attached to an aromatic ring is 1. The van der Waals surface area contributed by atoms with Crippen LogP contribution >= 0.6 is 11.6 Å². The van der Waals surface area contributed by atoms with Crippen molar-refractivity contribution < 1.29 is 14.6 Å². The number of fused-ring (bicyclic) bond motifs is 2. The van der Waals surface area contributed by atoms with Crippen molar-refractivity contribution in [1.82, 2.24) is 20.2 Å². The van der Waals surface area contributed by atoms with Gasteiger partial charge in [0.05, 0.1) is 22.5 Å². The van der Waals surface area contributed by atoms with E-state index in [9.17, 15) is 9.59 Å². The van der Waals surface area contributed by atoms with Crippen molar-refractivity contribution in [3.8, 4) is 11.1 Å². The van der Waals surface area contributed by atoms with E-state index in [0.29, 0.717) is 57.0 Å². The van der Waals surface area contributed by atoms with Crippen molar-refractivity contribution in [3.05, 3.63) is 53.1 Å². The number of amides is 3. The third-order valence-corrected chi connectivity index (χ3v) is 6.43. The summed E-state index contributed by atoms with van der Waals surface area (Å²) in [5.41, 5.74) is 9.77. The molecule has 3 amide bonds. The molecule has 2 atom stereocenters. The Morgan fingerprint density at radius 1 is 1.31 bits per heavy atom. The summed E-state index contributed by atoms with van der Waals surface area (Å²) in [6, 6.07) is 4.76. The van der Waals surface area contributed by atoms with Gasteiger partial charge >= 0.3 is 6.03 Å². The molecule has 1 fully saturated rings. The van der Waals surface area contributed by atoms with Crippen LogP contribution in [0.5, 0.6) is 0 Å². The van der Waals surface area contributed by atoms with Crippen LogP contribution < -0.4 is 26.7 Å². The third-order valence-electron chi connectivity index (χ3n) is 6.11. The number of aromatic amines is 1. The summed E-state index contributed by atoms with van der Waals surface area (Å²) in [7, 11) is 0. The normalized spacial score (nSPS) is 18.4. The summed E-state index contributed by atoms with van der Waals surface area (Å²) in [6.45, 7) is 4.45. The van der Waals surface area contributed by atoms with E-state index in [0.717, 1.165) is 18.5 Å². The number of urea groups is 1. The van der Waals surface area contributed by atoms with Crippen molar-refractivity contribution in [2.24, 2.45) is 16.8 Å². The lowest BCUT2D eigenvalue weighted by Gasteiger charge is -2.14. The molecule has 3 aromatic rings. The fraction of sp³-hybridized carbons (Fsp3) is 0.292. The maximum atomic E-state index is 12.9. The molecule has 180 valence electrons. The van der Waals surface area contributed by atoms with E-state index in [1.54, 1.807) is 28.9 Å². The van der Waals surface area contributed by atoms with Gasteiger partial charge in [-0.3, -0.25) is 10.1 Å². The average Bonchev–Trinajstić information content (AvgIpc) is 3.49. The molecule has 5 rings (SSSR count). The van der Waals surface area contributed by atoms with Gasteiger partial charge in [-0.25, -0.2) is 14.8 Å². The Morgan fingerprint density at radius 2 is 2.14 bits per heavy atom. The second kappa shape index (κ2) is 9.03. The maximum absolute atomic E-state index is 12.9. The van der Waals surface area contributed by atoms with Crippen molar-refractivity contribution in [2.45, 2.75) is 26.7 Å². The molecule has 1 aliphatic heterocycles. The molecule has 1 aromatic carbocycles. The van der Waals surface area contributed by atoms with E-state index in [2.05, 4.69) is 37.1 Å². The van der Waals surface area contributed by atoms with Crippen molar-refractivity contribution in [2.75, 3.05) is 17.6 Å². The summed E-state index contributed by atoms with van der Waals surface area (Å²) >= 11 is 6.56. The molecular formula is C24H26ClN8O2+. The molecule has 0 bridgehead atoms. The van der Waals surface area contributed by atoms with Crippen molar-refractivity contribution in [3.63, 3.8) is 0 Å². The van der Waals surface area contributed by atoms with Crippen LogP contribution in [0.15, 0.2) is 47.5 Å². The number of benzene rings is 1. The number of nitrogens with zero attached hydrogens (tertiary/aromatic N) is 3. The number of nitrogens with two attached hydrogens (primary N) is 1. The minimum Gasteiger partial charge on any atom is -0.352 e. The molecule has 0 radical (unpaired) electrons. The monoisotopic (exact) mass is 493 g/mol. The number of hydrogen-bond acceptors (Lipinski definition) is 5. The van der Waals surface area contributed by atoms with Crippen LogP contribution in [-0.2, 0) is 0 Å². The van der Waals surface area contributed by atoms with Gasteiger partial charge in [0.25, 0.3) is 5.91 Å². The Kier molecular flexibility index (Phi) is 5.89. The van der Waals surface area contributed by atoms with Gasteiger partial charge < -0.3 is 16.4 Å². The molecule has 35 heavy (non-hydrogen) atoms. The largest absolute Gasteiger partial charge is 0.352 e. The zero-order valence-corrected chi connectivity index (χ0v) is 20.1. The predicted octanol–water partition coefficient (Wildman–Crippen LogP) is 3.26. The van der Waals surface area contributed by atoms with Gasteiger partial charge in [0.2, 0.25) is 12.1 Å². The lowest BCUT2D eigenvalue weighted by molar-refractivity contribution is -0.365. The Hall–Kier alpha value is -3.92. The second-order valence-electron chi connectivity index (χ2n) is 8.75. The predicted molar refractivity (Wildman–Crippen MR) is 134 cm³/mol. The first-order chi connectivity index (χ1) is 16.9. The van der Waals surface area contributed by atoms with Crippen LogP contribution in [-0.4, -0.2) is 33.9 Å². The molecule has 0 spiro atoms. The molecule has 6 N–H and O–H groups in total. The molecule has 11 heteroatoms. The van der Waals surface area contributed by atoms with Crippen LogP contribution in [0, 0.1) is 11.8 Å². The lowest BCUT2D eigenvalue weighted by Crippen LogP contribution is -2.36. The molecule has 10 nitrogen and oxygen atoms in total. The number of aromatic nitrogens is 3. The van der Waals surface area contributed by atoms with Gasteiger partial charge in [0.1, 0.15) is 5.84 Å². The maximum Gasteiger partial charge on any atom is 0.324 e. The summed E-state index contributed by atoms with van der Waals surface area (Å²) in [5.74, 6) is 1.55. The number of carbonyl (C=O) groups is 2. The number of rotatable bonds is 5. The average molecular weight is 494 g/mol. The first kappa shape index (κ1) is 22.9. The van der Waals surface area contributed by atoms with Crippen LogP contribution in [0.2, 0.25) is 5.02 Å². The highest BCUT2D eigenvalue weighted by Gasteiger charge is 2.42. The Balaban J connectivity index is 1.43. The standard InChI is InChI=1S/C24H25ClN8O2/c1-3-6-27-23(34)16-10-33-20(21(26)28-11-29-33)19(16)13-4-5-18(17(25)9-13)31-24(35)32-22-15-8-14(15)7-12(2)30-22/h4-5,7,9-11,14-15H,3,6,8H2,1-2H3,(H,27,34)(H2,26,28,29)(H2,30,31,32,35)/p+1/t14?,15-/m1/s1. The topological polar surface area (TPSA) is 140 Å². The minimum absolute atomic E-state index is 0.236. The van der Waals surface area contributed by atoms with Crippen LogP contribution in [0.3, 0.4) is 0 Å². The molecule has 1 unspecified atom stereocenters. The number of carbonyl (C=O) groups excluding carboxylic acids is 2. The van der Waals surface area contributed by atoms with E-state index in [-0.39, 0.29) is 11.8 Å². The minimum atomic E-state index is -0.407. The smallest absolute Gasteiger partial charge is 0.324 e. The van der Waals surface area contributed by atoms with E-state index in [1.165, 1.54) is 6.33 Å². The SMILES string of the molecule is CCCNC(=O)c1cn2nc[nH+]c(N)c2c1-c1ccc(NC(=O)NC2=NC(C)=CC3C[C@@H]23)c(Cl)c1. The molecule has 3 heterocycles. The van der Waals surface area contributed by atoms with Gasteiger partial charge in [-0.1, -0.05) is 30.7 Å².